The lowest BCUT2D eigenvalue weighted by Gasteiger charge is -2.11. The van der Waals surface area contributed by atoms with Gasteiger partial charge in [0.25, 0.3) is 11.5 Å². The summed E-state index contributed by atoms with van der Waals surface area (Å²) in [7, 11) is 0. The van der Waals surface area contributed by atoms with Gasteiger partial charge in [-0.15, -0.1) is 0 Å². The summed E-state index contributed by atoms with van der Waals surface area (Å²) >= 11 is 0. The Labute approximate surface area is 110 Å². The molecule has 2 N–H and O–H groups in total. The van der Waals surface area contributed by atoms with Gasteiger partial charge in [-0.3, -0.25) is 9.59 Å². The van der Waals surface area contributed by atoms with Gasteiger partial charge in [0.2, 0.25) is 0 Å². The summed E-state index contributed by atoms with van der Waals surface area (Å²) < 4.78 is 5.43. The van der Waals surface area contributed by atoms with Crippen molar-refractivity contribution in [2.45, 2.75) is 26.8 Å². The molecule has 5 heteroatoms. The monoisotopic (exact) mass is 260 g/mol. The molecule has 1 atom stereocenters. The van der Waals surface area contributed by atoms with Crippen molar-refractivity contribution in [2.24, 2.45) is 0 Å². The molecule has 0 spiro atoms. The van der Waals surface area contributed by atoms with Crippen LogP contribution in [0.15, 0.2) is 33.5 Å². The summed E-state index contributed by atoms with van der Waals surface area (Å²) in [5.74, 6) is 1.03. The first-order valence-electron chi connectivity index (χ1n) is 6.04. The van der Waals surface area contributed by atoms with Crippen LogP contribution in [0.5, 0.6) is 0 Å². The van der Waals surface area contributed by atoms with Gasteiger partial charge in [-0.2, -0.15) is 0 Å². The highest BCUT2D eigenvalue weighted by Crippen LogP contribution is 2.15. The number of hydrogen-bond acceptors (Lipinski definition) is 3. The van der Waals surface area contributed by atoms with Crippen LogP contribution in [0.1, 0.15) is 40.5 Å². The Morgan fingerprint density at radius 1 is 1.26 bits per heavy atom. The second kappa shape index (κ2) is 5.14. The van der Waals surface area contributed by atoms with Gasteiger partial charge in [0.1, 0.15) is 17.1 Å². The van der Waals surface area contributed by atoms with Gasteiger partial charge in [-0.25, -0.2) is 0 Å². The Kier molecular flexibility index (Phi) is 3.55. The quantitative estimate of drug-likeness (QED) is 0.887. The number of carbonyl (C=O) groups is 1. The standard InChI is InChI=1S/C14H16N2O3/c1-8-4-6-11(13(17)15-8)14(18)16-10(3)12-7-5-9(2)19-12/h4-7,10H,1-3H3,(H,15,17)(H,16,18)/t10-/m1/s1. The number of furan rings is 1. The molecular formula is C14H16N2O3. The lowest BCUT2D eigenvalue weighted by molar-refractivity contribution is 0.0933. The highest BCUT2D eigenvalue weighted by atomic mass is 16.3. The number of rotatable bonds is 3. The van der Waals surface area contributed by atoms with Crippen molar-refractivity contribution in [3.8, 4) is 0 Å². The van der Waals surface area contributed by atoms with Crippen molar-refractivity contribution in [2.75, 3.05) is 0 Å². The van der Waals surface area contributed by atoms with E-state index in [-0.39, 0.29) is 17.2 Å². The average Bonchev–Trinajstić information content (AvgIpc) is 2.75. The second-order valence-corrected chi connectivity index (χ2v) is 4.53. The van der Waals surface area contributed by atoms with Crippen LogP contribution < -0.4 is 10.9 Å². The highest BCUT2D eigenvalue weighted by Gasteiger charge is 2.16. The van der Waals surface area contributed by atoms with E-state index in [1.54, 1.807) is 26.0 Å². The summed E-state index contributed by atoms with van der Waals surface area (Å²) in [6.07, 6.45) is 0. The van der Waals surface area contributed by atoms with Crippen LogP contribution in [0.4, 0.5) is 0 Å². The number of pyridine rings is 1. The van der Waals surface area contributed by atoms with Gasteiger partial charge in [-0.1, -0.05) is 0 Å². The summed E-state index contributed by atoms with van der Waals surface area (Å²) in [5.41, 5.74) is 0.428. The van der Waals surface area contributed by atoms with E-state index in [2.05, 4.69) is 10.3 Å². The molecule has 0 saturated heterocycles. The van der Waals surface area contributed by atoms with Gasteiger partial charge >= 0.3 is 0 Å². The molecule has 0 aliphatic heterocycles. The maximum Gasteiger partial charge on any atom is 0.260 e. The molecule has 2 aromatic heterocycles. The van der Waals surface area contributed by atoms with Crippen molar-refractivity contribution in [3.63, 3.8) is 0 Å². The predicted molar refractivity (Wildman–Crippen MR) is 71.1 cm³/mol. The maximum atomic E-state index is 12.0. The van der Waals surface area contributed by atoms with Crippen molar-refractivity contribution in [3.05, 3.63) is 57.4 Å². The number of aromatic amines is 1. The van der Waals surface area contributed by atoms with E-state index in [1.807, 2.05) is 13.0 Å². The largest absolute Gasteiger partial charge is 0.464 e. The van der Waals surface area contributed by atoms with Crippen molar-refractivity contribution < 1.29 is 9.21 Å². The second-order valence-electron chi connectivity index (χ2n) is 4.53. The van der Waals surface area contributed by atoms with E-state index in [9.17, 15) is 9.59 Å². The molecule has 0 saturated carbocycles. The molecule has 0 bridgehead atoms. The molecule has 5 nitrogen and oxygen atoms in total. The molecule has 0 aliphatic rings. The van der Waals surface area contributed by atoms with Crippen LogP contribution in [0, 0.1) is 13.8 Å². The molecule has 2 heterocycles. The predicted octanol–water partition coefficient (Wildman–Crippen LogP) is 2.08. The third-order valence-corrected chi connectivity index (χ3v) is 2.84. The molecule has 100 valence electrons. The Morgan fingerprint density at radius 3 is 2.58 bits per heavy atom. The van der Waals surface area contributed by atoms with Gasteiger partial charge < -0.3 is 14.7 Å². The van der Waals surface area contributed by atoms with E-state index in [1.165, 1.54) is 6.07 Å². The topological polar surface area (TPSA) is 75.1 Å². The normalized spacial score (nSPS) is 12.2. The van der Waals surface area contributed by atoms with E-state index >= 15 is 0 Å². The first-order valence-corrected chi connectivity index (χ1v) is 6.04. The van der Waals surface area contributed by atoms with Crippen molar-refractivity contribution in [1.82, 2.24) is 10.3 Å². The number of aromatic nitrogens is 1. The first kappa shape index (κ1) is 13.1. The van der Waals surface area contributed by atoms with Crippen LogP contribution in [-0.4, -0.2) is 10.9 Å². The molecule has 2 rings (SSSR count). The van der Waals surface area contributed by atoms with E-state index in [0.29, 0.717) is 5.76 Å². The average molecular weight is 260 g/mol. The van der Waals surface area contributed by atoms with Crippen molar-refractivity contribution in [1.29, 1.82) is 0 Å². The summed E-state index contributed by atoms with van der Waals surface area (Å²) in [6.45, 7) is 5.40. The minimum Gasteiger partial charge on any atom is -0.464 e. The Balaban J connectivity index is 2.15. The highest BCUT2D eigenvalue weighted by molar-refractivity contribution is 5.94. The number of carbonyl (C=O) groups excluding carboxylic acids is 1. The Hall–Kier alpha value is -2.30. The third-order valence-electron chi connectivity index (χ3n) is 2.84. The zero-order valence-corrected chi connectivity index (χ0v) is 11.1. The summed E-state index contributed by atoms with van der Waals surface area (Å²) in [5, 5.41) is 2.73. The third kappa shape index (κ3) is 2.93. The van der Waals surface area contributed by atoms with Gasteiger partial charge in [0.15, 0.2) is 0 Å². The molecule has 0 aromatic carbocycles. The number of amides is 1. The summed E-state index contributed by atoms with van der Waals surface area (Å²) in [6, 6.07) is 6.56. The number of aryl methyl sites for hydroxylation is 2. The number of hydrogen-bond donors (Lipinski definition) is 2. The molecule has 2 aromatic rings. The zero-order chi connectivity index (χ0) is 14.0. The first-order chi connectivity index (χ1) is 8.97. The van der Waals surface area contributed by atoms with Gasteiger partial charge in [0.05, 0.1) is 6.04 Å². The Morgan fingerprint density at radius 2 is 2.00 bits per heavy atom. The summed E-state index contributed by atoms with van der Waals surface area (Å²) in [4.78, 5) is 26.3. The molecule has 0 unspecified atom stereocenters. The molecule has 19 heavy (non-hydrogen) atoms. The van der Waals surface area contributed by atoms with Crippen LogP contribution in [0.3, 0.4) is 0 Å². The Bertz CT molecular complexity index is 655. The molecule has 0 fully saturated rings. The molecule has 0 radical (unpaired) electrons. The lowest BCUT2D eigenvalue weighted by Crippen LogP contribution is -2.31. The van der Waals surface area contributed by atoms with Crippen molar-refractivity contribution >= 4 is 5.91 Å². The van der Waals surface area contributed by atoms with Crippen LogP contribution >= 0.6 is 0 Å². The van der Waals surface area contributed by atoms with E-state index in [4.69, 9.17) is 4.42 Å². The maximum absolute atomic E-state index is 12.0. The lowest BCUT2D eigenvalue weighted by atomic mass is 10.2. The molecule has 0 aliphatic carbocycles. The minimum absolute atomic E-state index is 0.0979. The fourth-order valence-electron chi connectivity index (χ4n) is 1.78. The van der Waals surface area contributed by atoms with Gasteiger partial charge in [0, 0.05) is 5.69 Å². The number of nitrogens with one attached hydrogen (secondary N) is 2. The fourth-order valence-corrected chi connectivity index (χ4v) is 1.78. The zero-order valence-electron chi connectivity index (χ0n) is 11.1. The van der Waals surface area contributed by atoms with E-state index in [0.717, 1.165) is 11.5 Å². The van der Waals surface area contributed by atoms with Crippen LogP contribution in [0.2, 0.25) is 0 Å². The minimum atomic E-state index is -0.414. The fraction of sp³-hybridized carbons (Fsp3) is 0.286. The number of H-pyrrole nitrogens is 1. The van der Waals surface area contributed by atoms with E-state index < -0.39 is 5.91 Å². The molecule has 1 amide bonds. The molecular weight excluding hydrogens is 244 g/mol. The SMILES string of the molecule is Cc1ccc(C(=O)N[C@H](C)c2ccc(C)o2)c(=O)[nH]1. The van der Waals surface area contributed by atoms with Crippen LogP contribution in [-0.2, 0) is 0 Å². The van der Waals surface area contributed by atoms with Crippen LogP contribution in [0.25, 0.3) is 0 Å². The van der Waals surface area contributed by atoms with Gasteiger partial charge in [-0.05, 0) is 45.0 Å². The smallest absolute Gasteiger partial charge is 0.260 e.